The van der Waals surface area contributed by atoms with Crippen molar-refractivity contribution < 1.29 is 0 Å². The summed E-state index contributed by atoms with van der Waals surface area (Å²) in [7, 11) is 0. The molecular formula is C14H9N3Se. The summed E-state index contributed by atoms with van der Waals surface area (Å²) in [5.74, 6) is 0. The number of aromatic nitrogens is 2. The third-order valence-electron chi connectivity index (χ3n) is 2.73. The monoisotopic (exact) mass is 299 g/mol. The zero-order valence-corrected chi connectivity index (χ0v) is 11.1. The Hall–Kier alpha value is -2.08. The minimum atomic E-state index is -0.202. The van der Waals surface area contributed by atoms with Crippen molar-refractivity contribution in [1.29, 1.82) is 5.26 Å². The number of hydrogen-bond acceptors (Lipinski definition) is 2. The van der Waals surface area contributed by atoms with E-state index in [9.17, 15) is 0 Å². The van der Waals surface area contributed by atoms with Crippen LogP contribution in [0.2, 0.25) is 0 Å². The molecule has 0 saturated heterocycles. The number of H-pyrrole nitrogens is 1. The van der Waals surface area contributed by atoms with E-state index in [1.54, 1.807) is 6.20 Å². The molecule has 0 aliphatic rings. The maximum atomic E-state index is 9.01. The molecular weight excluding hydrogens is 289 g/mol. The van der Waals surface area contributed by atoms with Crippen molar-refractivity contribution in [3.63, 3.8) is 0 Å². The summed E-state index contributed by atoms with van der Waals surface area (Å²) in [6.45, 7) is 0. The van der Waals surface area contributed by atoms with Crippen molar-refractivity contribution in [1.82, 2.24) is 9.97 Å². The molecule has 4 heteroatoms. The number of aromatic amines is 1. The van der Waals surface area contributed by atoms with Gasteiger partial charge >= 0.3 is 111 Å². The Kier molecular flexibility index (Phi) is 2.85. The van der Waals surface area contributed by atoms with Gasteiger partial charge in [-0.2, -0.15) is 0 Å². The van der Waals surface area contributed by atoms with Crippen LogP contribution >= 0.6 is 0 Å². The molecule has 86 valence electrons. The van der Waals surface area contributed by atoms with Gasteiger partial charge in [0.15, 0.2) is 0 Å². The molecule has 3 rings (SSSR count). The van der Waals surface area contributed by atoms with E-state index in [1.807, 2.05) is 42.5 Å². The molecule has 0 fully saturated rings. The number of benzene rings is 1. The molecule has 0 amide bonds. The fraction of sp³-hybridized carbons (Fsp3) is 0. The Balaban J connectivity index is 2.29. The summed E-state index contributed by atoms with van der Waals surface area (Å²) >= 11 is -0.202. The number of pyridine rings is 1. The molecule has 0 spiro atoms. The predicted molar refractivity (Wildman–Crippen MR) is 72.5 cm³/mol. The van der Waals surface area contributed by atoms with E-state index >= 15 is 0 Å². The number of rotatable bonds is 2. The standard InChI is InChI=1S/C14H9N3Se/c15-9-18-14-10-5-1-2-6-11(10)17-13(14)12-7-3-4-8-16-12/h1-8,17H. The molecule has 0 saturated carbocycles. The van der Waals surface area contributed by atoms with Crippen molar-refractivity contribution in [2.24, 2.45) is 0 Å². The Morgan fingerprint density at radius 1 is 1.11 bits per heavy atom. The number of fused-ring (bicyclic) bond motifs is 1. The molecule has 3 aromatic rings. The summed E-state index contributed by atoms with van der Waals surface area (Å²) in [5.41, 5.74) is 2.92. The zero-order chi connectivity index (χ0) is 12.4. The van der Waals surface area contributed by atoms with E-state index in [0.29, 0.717) is 0 Å². The first kappa shape index (κ1) is 11.0. The van der Waals surface area contributed by atoms with Crippen LogP contribution in [0.3, 0.4) is 0 Å². The van der Waals surface area contributed by atoms with E-state index < -0.39 is 0 Å². The van der Waals surface area contributed by atoms with Crippen LogP contribution in [0.5, 0.6) is 0 Å². The van der Waals surface area contributed by atoms with E-state index in [2.05, 4.69) is 14.9 Å². The normalized spacial score (nSPS) is 10.4. The quantitative estimate of drug-likeness (QED) is 0.736. The van der Waals surface area contributed by atoms with Crippen LogP contribution in [0.1, 0.15) is 0 Å². The van der Waals surface area contributed by atoms with Gasteiger partial charge in [-0.3, -0.25) is 0 Å². The average Bonchev–Trinajstić information content (AvgIpc) is 2.80. The van der Waals surface area contributed by atoms with Gasteiger partial charge in [-0.25, -0.2) is 0 Å². The molecule has 1 N–H and O–H groups in total. The number of para-hydroxylation sites is 1. The maximum absolute atomic E-state index is 9.01. The first-order valence-electron chi connectivity index (χ1n) is 5.48. The second-order valence-corrected chi connectivity index (χ2v) is 5.45. The van der Waals surface area contributed by atoms with Crippen LogP contribution in [0.15, 0.2) is 48.7 Å². The molecule has 1 aromatic carbocycles. The van der Waals surface area contributed by atoms with E-state index in [-0.39, 0.29) is 15.0 Å². The molecule has 0 bridgehead atoms. The first-order chi connectivity index (χ1) is 8.90. The summed E-state index contributed by atoms with van der Waals surface area (Å²) in [6, 6.07) is 13.9. The second-order valence-electron chi connectivity index (χ2n) is 3.78. The van der Waals surface area contributed by atoms with Gasteiger partial charge in [-0.15, -0.1) is 0 Å². The Morgan fingerprint density at radius 3 is 2.72 bits per heavy atom. The van der Waals surface area contributed by atoms with Crippen LogP contribution in [0, 0.1) is 10.2 Å². The topological polar surface area (TPSA) is 52.5 Å². The Bertz CT molecular complexity index is 726. The summed E-state index contributed by atoms with van der Waals surface area (Å²) in [6.07, 6.45) is 1.77. The van der Waals surface area contributed by atoms with Gasteiger partial charge in [-0.05, 0) is 0 Å². The van der Waals surface area contributed by atoms with Gasteiger partial charge in [0.25, 0.3) is 0 Å². The summed E-state index contributed by atoms with van der Waals surface area (Å²) < 4.78 is 1.08. The van der Waals surface area contributed by atoms with Crippen LogP contribution in [0.4, 0.5) is 0 Å². The third-order valence-corrected chi connectivity index (χ3v) is 4.24. The number of nitrogens with one attached hydrogen (secondary N) is 1. The van der Waals surface area contributed by atoms with Gasteiger partial charge in [-0.1, -0.05) is 0 Å². The fourth-order valence-corrected chi connectivity index (χ4v) is 3.30. The van der Waals surface area contributed by atoms with Gasteiger partial charge in [0, 0.05) is 0 Å². The minimum absolute atomic E-state index is 0.202. The molecule has 0 aliphatic heterocycles. The van der Waals surface area contributed by atoms with Crippen LogP contribution in [0.25, 0.3) is 22.3 Å². The third kappa shape index (κ3) is 1.80. The molecule has 2 aromatic heterocycles. The zero-order valence-electron chi connectivity index (χ0n) is 9.42. The van der Waals surface area contributed by atoms with Crippen LogP contribution < -0.4 is 4.46 Å². The molecule has 18 heavy (non-hydrogen) atoms. The van der Waals surface area contributed by atoms with Crippen LogP contribution in [-0.4, -0.2) is 24.9 Å². The average molecular weight is 298 g/mol. The SMILES string of the molecule is N#C[Se]c1c(-c2ccccn2)[nH]c2ccccc12. The van der Waals surface area contributed by atoms with Gasteiger partial charge in [0.1, 0.15) is 0 Å². The molecule has 0 aliphatic carbocycles. The number of nitrogens with zero attached hydrogens (tertiary/aromatic N) is 2. The molecule has 2 heterocycles. The van der Waals surface area contributed by atoms with E-state index in [4.69, 9.17) is 5.26 Å². The van der Waals surface area contributed by atoms with Crippen molar-refractivity contribution in [2.45, 2.75) is 0 Å². The van der Waals surface area contributed by atoms with Crippen molar-refractivity contribution in [3.8, 4) is 16.4 Å². The predicted octanol–water partition coefficient (Wildman–Crippen LogP) is 2.04. The number of nitriles is 1. The fourth-order valence-electron chi connectivity index (χ4n) is 1.96. The molecule has 0 radical (unpaired) electrons. The molecule has 0 atom stereocenters. The molecule has 0 unspecified atom stereocenters. The molecule has 3 nitrogen and oxygen atoms in total. The van der Waals surface area contributed by atoms with Crippen molar-refractivity contribution >= 4 is 30.3 Å². The first-order valence-corrected chi connectivity index (χ1v) is 7.19. The summed E-state index contributed by atoms with van der Waals surface area (Å²) in [4.78, 5) is 10.0. The Labute approximate surface area is 111 Å². The van der Waals surface area contributed by atoms with Crippen molar-refractivity contribution in [3.05, 3.63) is 48.7 Å². The van der Waals surface area contributed by atoms with Gasteiger partial charge in [0.05, 0.1) is 0 Å². The summed E-state index contributed by atoms with van der Waals surface area (Å²) in [5, 5.41) is 10.1. The number of hydrogen-bond donors (Lipinski definition) is 1. The Morgan fingerprint density at radius 2 is 1.94 bits per heavy atom. The van der Waals surface area contributed by atoms with Gasteiger partial charge < -0.3 is 0 Å². The van der Waals surface area contributed by atoms with Crippen LogP contribution in [-0.2, 0) is 0 Å². The second kappa shape index (κ2) is 4.66. The van der Waals surface area contributed by atoms with E-state index in [1.165, 1.54) is 0 Å². The van der Waals surface area contributed by atoms with E-state index in [0.717, 1.165) is 26.8 Å². The van der Waals surface area contributed by atoms with Crippen molar-refractivity contribution in [2.75, 3.05) is 0 Å². The van der Waals surface area contributed by atoms with Gasteiger partial charge in [0.2, 0.25) is 0 Å².